The van der Waals surface area contributed by atoms with Gasteiger partial charge in [-0.25, -0.2) is 9.37 Å². The molecule has 0 fully saturated rings. The molecule has 16 heavy (non-hydrogen) atoms. The zero-order valence-electron chi connectivity index (χ0n) is 8.41. The van der Waals surface area contributed by atoms with Crippen LogP contribution in [0.2, 0.25) is 4.34 Å². The molecule has 1 heterocycles. The van der Waals surface area contributed by atoms with Gasteiger partial charge in [0.05, 0.1) is 6.20 Å². The van der Waals surface area contributed by atoms with E-state index < -0.39 is 0 Å². The minimum Gasteiger partial charge on any atom is -0.306 e. The van der Waals surface area contributed by atoms with E-state index in [2.05, 4.69) is 10.3 Å². The molecule has 0 bridgehead atoms. The molecule has 1 aromatic heterocycles. The van der Waals surface area contributed by atoms with Crippen LogP contribution >= 0.6 is 22.9 Å². The smallest absolute Gasteiger partial charge is 0.123 e. The van der Waals surface area contributed by atoms with E-state index >= 15 is 0 Å². The molecular weight excluding hydrogens is 247 g/mol. The molecule has 0 aliphatic carbocycles. The molecule has 0 atom stereocenters. The Hall–Kier alpha value is -0.970. The second-order valence-electron chi connectivity index (χ2n) is 3.29. The fourth-order valence-corrected chi connectivity index (χ4v) is 2.21. The molecule has 2 nitrogen and oxygen atoms in total. The standard InChI is InChI=1S/C11H10ClFN2S/c12-10-6-15-11(16-10)7-14-5-8-1-3-9(13)4-2-8/h1-4,6,14H,5,7H2. The Morgan fingerprint density at radius 3 is 2.62 bits per heavy atom. The third kappa shape index (κ3) is 3.27. The maximum atomic E-state index is 12.6. The Bertz CT molecular complexity index is 455. The predicted octanol–water partition coefficient (Wildman–Crippen LogP) is 3.23. The van der Waals surface area contributed by atoms with E-state index in [1.54, 1.807) is 18.3 Å². The molecule has 1 N–H and O–H groups in total. The molecule has 1 aromatic carbocycles. The van der Waals surface area contributed by atoms with Crippen LogP contribution in [0, 0.1) is 5.82 Å². The number of benzene rings is 1. The Morgan fingerprint density at radius 1 is 1.25 bits per heavy atom. The second kappa shape index (κ2) is 5.39. The number of rotatable bonds is 4. The largest absolute Gasteiger partial charge is 0.306 e. The van der Waals surface area contributed by atoms with Crippen LogP contribution in [0.15, 0.2) is 30.5 Å². The fraction of sp³-hybridized carbons (Fsp3) is 0.182. The topological polar surface area (TPSA) is 24.9 Å². The van der Waals surface area contributed by atoms with E-state index in [1.807, 2.05) is 0 Å². The molecule has 0 saturated carbocycles. The monoisotopic (exact) mass is 256 g/mol. The first-order chi connectivity index (χ1) is 7.74. The molecule has 0 radical (unpaired) electrons. The van der Waals surface area contributed by atoms with Gasteiger partial charge in [-0.1, -0.05) is 23.7 Å². The lowest BCUT2D eigenvalue weighted by atomic mass is 10.2. The Labute approximate surface area is 102 Å². The highest BCUT2D eigenvalue weighted by molar-refractivity contribution is 7.15. The number of hydrogen-bond donors (Lipinski definition) is 1. The number of thiazole rings is 1. The average molecular weight is 257 g/mol. The van der Waals surface area contributed by atoms with Crippen LogP contribution in [0.25, 0.3) is 0 Å². The van der Waals surface area contributed by atoms with Gasteiger partial charge in [-0.15, -0.1) is 11.3 Å². The van der Waals surface area contributed by atoms with Gasteiger partial charge in [0.15, 0.2) is 0 Å². The maximum absolute atomic E-state index is 12.6. The quantitative estimate of drug-likeness (QED) is 0.909. The number of hydrogen-bond acceptors (Lipinski definition) is 3. The van der Waals surface area contributed by atoms with Crippen LogP contribution in [0.1, 0.15) is 10.6 Å². The van der Waals surface area contributed by atoms with Crippen molar-refractivity contribution in [2.24, 2.45) is 0 Å². The first kappa shape index (κ1) is 11.5. The minimum absolute atomic E-state index is 0.213. The zero-order chi connectivity index (χ0) is 11.4. The van der Waals surface area contributed by atoms with Crippen molar-refractivity contribution in [3.63, 3.8) is 0 Å². The third-order valence-corrected chi connectivity index (χ3v) is 3.16. The van der Waals surface area contributed by atoms with E-state index in [-0.39, 0.29) is 5.82 Å². The summed E-state index contributed by atoms with van der Waals surface area (Å²) in [5, 5.41) is 4.17. The summed E-state index contributed by atoms with van der Waals surface area (Å²) in [5.74, 6) is -0.213. The van der Waals surface area contributed by atoms with Crippen molar-refractivity contribution in [1.29, 1.82) is 0 Å². The molecule has 0 amide bonds. The fourth-order valence-electron chi connectivity index (χ4n) is 1.29. The first-order valence-corrected chi connectivity index (χ1v) is 5.99. The van der Waals surface area contributed by atoms with E-state index in [0.717, 1.165) is 10.6 Å². The van der Waals surface area contributed by atoms with Gasteiger partial charge in [0.1, 0.15) is 15.2 Å². The van der Waals surface area contributed by atoms with Gasteiger partial charge in [-0.3, -0.25) is 0 Å². The van der Waals surface area contributed by atoms with Crippen LogP contribution in [0.5, 0.6) is 0 Å². The average Bonchev–Trinajstić information content (AvgIpc) is 2.67. The second-order valence-corrected chi connectivity index (χ2v) is 5.03. The molecule has 0 spiro atoms. The molecular formula is C11H10ClFN2S. The van der Waals surface area contributed by atoms with Crippen molar-refractivity contribution in [2.45, 2.75) is 13.1 Å². The maximum Gasteiger partial charge on any atom is 0.123 e. The van der Waals surface area contributed by atoms with Crippen molar-refractivity contribution in [2.75, 3.05) is 0 Å². The van der Waals surface area contributed by atoms with Crippen LogP contribution < -0.4 is 5.32 Å². The first-order valence-electron chi connectivity index (χ1n) is 4.79. The Balaban J connectivity index is 1.82. The van der Waals surface area contributed by atoms with Crippen LogP contribution in [-0.4, -0.2) is 4.98 Å². The van der Waals surface area contributed by atoms with Crippen LogP contribution in [0.4, 0.5) is 4.39 Å². The normalized spacial score (nSPS) is 10.6. The van der Waals surface area contributed by atoms with E-state index in [1.165, 1.54) is 23.5 Å². The summed E-state index contributed by atoms with van der Waals surface area (Å²) < 4.78 is 13.3. The van der Waals surface area contributed by atoms with Crippen molar-refractivity contribution >= 4 is 22.9 Å². The molecule has 5 heteroatoms. The lowest BCUT2D eigenvalue weighted by Gasteiger charge is -2.02. The van der Waals surface area contributed by atoms with Gasteiger partial charge >= 0.3 is 0 Å². The summed E-state index contributed by atoms with van der Waals surface area (Å²) in [4.78, 5) is 4.13. The van der Waals surface area contributed by atoms with Gasteiger partial charge in [-0.2, -0.15) is 0 Å². The van der Waals surface area contributed by atoms with E-state index in [4.69, 9.17) is 11.6 Å². The Morgan fingerprint density at radius 2 is 2.00 bits per heavy atom. The summed E-state index contributed by atoms with van der Waals surface area (Å²) in [6.07, 6.45) is 1.64. The van der Waals surface area contributed by atoms with Crippen molar-refractivity contribution in [3.05, 3.63) is 51.2 Å². The van der Waals surface area contributed by atoms with Crippen LogP contribution in [-0.2, 0) is 13.1 Å². The molecule has 0 aliphatic heterocycles. The summed E-state index contributed by atoms with van der Waals surface area (Å²) in [6, 6.07) is 6.43. The molecule has 84 valence electrons. The highest BCUT2D eigenvalue weighted by atomic mass is 35.5. The number of nitrogens with one attached hydrogen (secondary N) is 1. The van der Waals surface area contributed by atoms with Crippen molar-refractivity contribution in [3.8, 4) is 0 Å². The summed E-state index contributed by atoms with van der Waals surface area (Å²) in [7, 11) is 0. The molecule has 0 unspecified atom stereocenters. The van der Waals surface area contributed by atoms with Gasteiger partial charge in [0.25, 0.3) is 0 Å². The van der Waals surface area contributed by atoms with E-state index in [9.17, 15) is 4.39 Å². The van der Waals surface area contributed by atoms with E-state index in [0.29, 0.717) is 17.4 Å². The zero-order valence-corrected chi connectivity index (χ0v) is 9.98. The predicted molar refractivity (Wildman–Crippen MR) is 64.1 cm³/mol. The lowest BCUT2D eigenvalue weighted by molar-refractivity contribution is 0.625. The van der Waals surface area contributed by atoms with Gasteiger partial charge in [0.2, 0.25) is 0 Å². The number of nitrogens with zero attached hydrogens (tertiary/aromatic N) is 1. The lowest BCUT2D eigenvalue weighted by Crippen LogP contribution is -2.12. The summed E-state index contributed by atoms with van der Waals surface area (Å²) in [6.45, 7) is 1.37. The summed E-state index contributed by atoms with van der Waals surface area (Å²) >= 11 is 7.22. The van der Waals surface area contributed by atoms with Gasteiger partial charge < -0.3 is 5.32 Å². The number of halogens is 2. The van der Waals surface area contributed by atoms with Crippen molar-refractivity contribution in [1.82, 2.24) is 10.3 Å². The highest BCUT2D eigenvalue weighted by Crippen LogP contribution is 2.17. The number of aromatic nitrogens is 1. The molecule has 2 rings (SSSR count). The minimum atomic E-state index is -0.213. The van der Waals surface area contributed by atoms with Crippen LogP contribution in [0.3, 0.4) is 0 Å². The summed E-state index contributed by atoms with van der Waals surface area (Å²) in [5.41, 5.74) is 1.05. The van der Waals surface area contributed by atoms with Gasteiger partial charge in [0, 0.05) is 13.1 Å². The van der Waals surface area contributed by atoms with Crippen molar-refractivity contribution < 1.29 is 4.39 Å². The SMILES string of the molecule is Fc1ccc(CNCc2ncc(Cl)s2)cc1. The molecule has 0 saturated heterocycles. The molecule has 2 aromatic rings. The highest BCUT2D eigenvalue weighted by Gasteiger charge is 1.99. The third-order valence-electron chi connectivity index (χ3n) is 2.04. The van der Waals surface area contributed by atoms with Gasteiger partial charge in [-0.05, 0) is 17.7 Å². The molecule has 0 aliphatic rings. The Kier molecular flexibility index (Phi) is 3.88.